The van der Waals surface area contributed by atoms with Crippen molar-refractivity contribution in [3.05, 3.63) is 18.1 Å². The van der Waals surface area contributed by atoms with Crippen LogP contribution in [0.25, 0.3) is 0 Å². The molecular formula is C16H25N3O2. The van der Waals surface area contributed by atoms with Crippen molar-refractivity contribution in [2.75, 3.05) is 18.6 Å². The molecule has 116 valence electrons. The summed E-state index contributed by atoms with van der Waals surface area (Å²) >= 11 is 0. The number of rotatable bonds is 6. The number of ether oxygens (including phenoxy) is 1. The number of carbonyl (C=O) groups is 1. The molecule has 0 aliphatic heterocycles. The Labute approximate surface area is 126 Å². The Balaban J connectivity index is 2.20. The predicted octanol–water partition coefficient (Wildman–Crippen LogP) is 3.06. The van der Waals surface area contributed by atoms with Crippen LogP contribution in [0.5, 0.6) is 0 Å². The Hall–Kier alpha value is -1.65. The summed E-state index contributed by atoms with van der Waals surface area (Å²) in [7, 11) is 1.37. The van der Waals surface area contributed by atoms with Crippen LogP contribution in [0.3, 0.4) is 0 Å². The molecular weight excluding hydrogens is 266 g/mol. The smallest absolute Gasteiger partial charge is 0.358 e. The van der Waals surface area contributed by atoms with Gasteiger partial charge in [-0.15, -0.1) is 0 Å². The van der Waals surface area contributed by atoms with E-state index in [1.165, 1.54) is 39.0 Å². The Bertz CT molecular complexity index is 470. The molecule has 1 heterocycles. The zero-order valence-electron chi connectivity index (χ0n) is 13.2. The lowest BCUT2D eigenvalue weighted by Crippen LogP contribution is -2.35. The molecule has 0 unspecified atom stereocenters. The molecule has 5 nitrogen and oxygen atoms in total. The first-order chi connectivity index (χ1) is 10.1. The molecule has 0 bridgehead atoms. The summed E-state index contributed by atoms with van der Waals surface area (Å²) in [5.74, 6) is 1.01. The molecule has 0 spiro atoms. The Morgan fingerprint density at radius 1 is 1.38 bits per heavy atom. The number of hydrogen-bond acceptors (Lipinski definition) is 5. The summed E-state index contributed by atoms with van der Waals surface area (Å²) in [5, 5.41) is 0. The van der Waals surface area contributed by atoms with Crippen molar-refractivity contribution >= 4 is 11.8 Å². The molecule has 0 saturated heterocycles. The lowest BCUT2D eigenvalue weighted by atomic mass is 10.1. The molecule has 0 N–H and O–H groups in total. The van der Waals surface area contributed by atoms with Crippen molar-refractivity contribution in [1.82, 2.24) is 9.97 Å². The highest BCUT2D eigenvalue weighted by Gasteiger charge is 2.24. The summed E-state index contributed by atoms with van der Waals surface area (Å²) in [4.78, 5) is 22.6. The van der Waals surface area contributed by atoms with E-state index in [0.717, 1.165) is 18.8 Å². The molecule has 1 aromatic heterocycles. The molecule has 0 atom stereocenters. The van der Waals surface area contributed by atoms with Gasteiger partial charge in [-0.1, -0.05) is 26.7 Å². The van der Waals surface area contributed by atoms with Gasteiger partial charge in [-0.05, 0) is 25.2 Å². The van der Waals surface area contributed by atoms with Crippen molar-refractivity contribution in [2.45, 2.75) is 52.0 Å². The number of anilines is 1. The highest BCUT2D eigenvalue weighted by Crippen LogP contribution is 2.27. The fourth-order valence-corrected chi connectivity index (χ4v) is 2.79. The van der Waals surface area contributed by atoms with Crippen LogP contribution in [-0.2, 0) is 4.74 Å². The molecule has 1 aliphatic carbocycles. The third-order valence-electron chi connectivity index (χ3n) is 4.02. The van der Waals surface area contributed by atoms with Gasteiger partial charge in [0, 0.05) is 12.6 Å². The summed E-state index contributed by atoms with van der Waals surface area (Å²) in [5.41, 5.74) is 0.280. The van der Waals surface area contributed by atoms with Crippen LogP contribution in [0, 0.1) is 5.92 Å². The standard InChI is InChI=1S/C16H25N3O2/c1-12(2)8-9-19(13-6-4-5-7-13)15-11-17-10-14(18-15)16(20)21-3/h10-13H,4-9H2,1-3H3. The van der Waals surface area contributed by atoms with Crippen molar-refractivity contribution in [2.24, 2.45) is 5.92 Å². The average Bonchev–Trinajstić information content (AvgIpc) is 3.01. The van der Waals surface area contributed by atoms with Gasteiger partial charge in [0.05, 0.1) is 19.5 Å². The topological polar surface area (TPSA) is 55.3 Å². The average molecular weight is 291 g/mol. The quantitative estimate of drug-likeness (QED) is 0.754. The number of nitrogens with zero attached hydrogens (tertiary/aromatic N) is 3. The second-order valence-electron chi connectivity index (χ2n) is 6.07. The molecule has 0 amide bonds. The van der Waals surface area contributed by atoms with Crippen LogP contribution in [0.4, 0.5) is 5.82 Å². The van der Waals surface area contributed by atoms with Gasteiger partial charge in [-0.25, -0.2) is 9.78 Å². The van der Waals surface area contributed by atoms with Gasteiger partial charge < -0.3 is 9.64 Å². The lowest BCUT2D eigenvalue weighted by Gasteiger charge is -2.30. The summed E-state index contributed by atoms with van der Waals surface area (Å²) in [6.07, 6.45) is 9.26. The molecule has 0 aromatic carbocycles. The maximum Gasteiger partial charge on any atom is 0.358 e. The Morgan fingerprint density at radius 2 is 2.10 bits per heavy atom. The van der Waals surface area contributed by atoms with Gasteiger partial charge in [-0.3, -0.25) is 4.98 Å². The number of aromatic nitrogens is 2. The van der Waals surface area contributed by atoms with Gasteiger partial charge in [-0.2, -0.15) is 0 Å². The molecule has 1 aromatic rings. The number of carbonyl (C=O) groups excluding carboxylic acids is 1. The lowest BCUT2D eigenvalue weighted by molar-refractivity contribution is 0.0593. The van der Waals surface area contributed by atoms with Gasteiger partial charge >= 0.3 is 5.97 Å². The molecule has 21 heavy (non-hydrogen) atoms. The molecule has 1 aliphatic rings. The highest BCUT2D eigenvalue weighted by atomic mass is 16.5. The third kappa shape index (κ3) is 4.16. The van der Waals surface area contributed by atoms with E-state index in [1.54, 1.807) is 6.20 Å². The van der Waals surface area contributed by atoms with E-state index in [2.05, 4.69) is 28.7 Å². The summed E-state index contributed by atoms with van der Waals surface area (Å²) < 4.78 is 4.73. The zero-order valence-corrected chi connectivity index (χ0v) is 13.2. The van der Waals surface area contributed by atoms with Crippen molar-refractivity contribution in [3.8, 4) is 0 Å². The number of esters is 1. The van der Waals surface area contributed by atoms with Crippen molar-refractivity contribution in [3.63, 3.8) is 0 Å². The minimum atomic E-state index is -0.431. The van der Waals surface area contributed by atoms with Crippen molar-refractivity contribution < 1.29 is 9.53 Å². The van der Waals surface area contributed by atoms with Gasteiger partial charge in [0.1, 0.15) is 5.82 Å². The second kappa shape index (κ2) is 7.38. The maximum absolute atomic E-state index is 11.6. The SMILES string of the molecule is COC(=O)c1cncc(N(CCC(C)C)C2CCCC2)n1. The van der Waals surface area contributed by atoms with E-state index in [0.29, 0.717) is 12.0 Å². The third-order valence-corrected chi connectivity index (χ3v) is 4.02. The van der Waals surface area contributed by atoms with Gasteiger partial charge in [0.2, 0.25) is 0 Å². The van der Waals surface area contributed by atoms with Crippen LogP contribution in [0.1, 0.15) is 56.4 Å². The maximum atomic E-state index is 11.6. The highest BCUT2D eigenvalue weighted by molar-refractivity contribution is 5.87. The monoisotopic (exact) mass is 291 g/mol. The normalized spacial score (nSPS) is 15.4. The van der Waals surface area contributed by atoms with Crippen molar-refractivity contribution in [1.29, 1.82) is 0 Å². The first kappa shape index (κ1) is 15.7. The van der Waals surface area contributed by atoms with Crippen LogP contribution in [0.2, 0.25) is 0 Å². The van der Waals surface area contributed by atoms with Gasteiger partial charge in [0.15, 0.2) is 5.69 Å². The first-order valence-electron chi connectivity index (χ1n) is 7.78. The van der Waals surface area contributed by atoms with Crippen LogP contribution < -0.4 is 4.90 Å². The van der Waals surface area contributed by atoms with E-state index >= 15 is 0 Å². The first-order valence-corrected chi connectivity index (χ1v) is 7.78. The molecule has 1 fully saturated rings. The van der Waals surface area contributed by atoms with E-state index in [4.69, 9.17) is 4.74 Å². The Kier molecular flexibility index (Phi) is 5.53. The zero-order chi connectivity index (χ0) is 15.2. The van der Waals surface area contributed by atoms with Crippen LogP contribution >= 0.6 is 0 Å². The second-order valence-corrected chi connectivity index (χ2v) is 6.07. The Morgan fingerprint density at radius 3 is 2.71 bits per heavy atom. The summed E-state index contributed by atoms with van der Waals surface area (Å²) in [6, 6.07) is 0.519. The van der Waals surface area contributed by atoms with E-state index < -0.39 is 5.97 Å². The van der Waals surface area contributed by atoms with E-state index in [1.807, 2.05) is 0 Å². The van der Waals surface area contributed by atoms with Crippen LogP contribution in [-0.4, -0.2) is 35.6 Å². The largest absolute Gasteiger partial charge is 0.464 e. The van der Waals surface area contributed by atoms with Crippen LogP contribution in [0.15, 0.2) is 12.4 Å². The molecule has 2 rings (SSSR count). The fourth-order valence-electron chi connectivity index (χ4n) is 2.79. The predicted molar refractivity (Wildman–Crippen MR) is 82.4 cm³/mol. The minimum absolute atomic E-state index is 0.280. The minimum Gasteiger partial charge on any atom is -0.464 e. The molecule has 0 radical (unpaired) electrons. The summed E-state index contributed by atoms with van der Waals surface area (Å²) in [6.45, 7) is 5.41. The number of methoxy groups -OCH3 is 1. The van der Waals surface area contributed by atoms with E-state index in [-0.39, 0.29) is 5.69 Å². The van der Waals surface area contributed by atoms with E-state index in [9.17, 15) is 4.79 Å². The molecule has 5 heteroatoms. The van der Waals surface area contributed by atoms with Gasteiger partial charge in [0.25, 0.3) is 0 Å². The number of hydrogen-bond donors (Lipinski definition) is 0. The molecule has 1 saturated carbocycles. The fraction of sp³-hybridized carbons (Fsp3) is 0.688.